The summed E-state index contributed by atoms with van der Waals surface area (Å²) in [5, 5.41) is 23.1. The third kappa shape index (κ3) is 22.2. The number of rotatable bonds is 25. The summed E-state index contributed by atoms with van der Waals surface area (Å²) in [5.74, 6) is -1.45. The number of hydrogen-bond donors (Lipinski definition) is 4. The number of hydrogen-bond acceptors (Lipinski definition) is 5. The van der Waals surface area contributed by atoms with E-state index in [1.165, 1.54) is 64.2 Å². The monoisotopic (exact) mass is 521 g/mol. The van der Waals surface area contributed by atoms with Crippen LogP contribution in [0.2, 0.25) is 0 Å². The average Bonchev–Trinajstić information content (AvgIpc) is 2.80. The Hall–Kier alpha value is -0.700. The van der Waals surface area contributed by atoms with Crippen LogP contribution >= 0.6 is 0 Å². The van der Waals surface area contributed by atoms with Gasteiger partial charge in [-0.05, 0) is 12.8 Å². The van der Waals surface area contributed by atoms with Gasteiger partial charge < -0.3 is 15.5 Å². The normalized spacial score (nSPS) is 14.5. The first-order chi connectivity index (χ1) is 16.7. The Balaban J connectivity index is 4.18. The molecule has 3 unspecified atom stereocenters. The molecule has 0 bridgehead atoms. The van der Waals surface area contributed by atoms with Gasteiger partial charge in [-0.15, -0.1) is 0 Å². The van der Waals surface area contributed by atoms with E-state index in [1.54, 1.807) is 0 Å². The van der Waals surface area contributed by atoms with Crippen molar-refractivity contribution in [2.24, 2.45) is 0 Å². The molecular weight excluding hydrogens is 466 g/mol. The van der Waals surface area contributed by atoms with Crippen LogP contribution in [0, 0.1) is 0 Å². The van der Waals surface area contributed by atoms with E-state index in [0.717, 1.165) is 38.5 Å². The Morgan fingerprint density at radius 1 is 0.657 bits per heavy atom. The minimum Gasteiger partial charge on any atom is -0.391 e. The molecule has 210 valence electrons. The van der Waals surface area contributed by atoms with Gasteiger partial charge in [0.05, 0.1) is 17.9 Å². The van der Waals surface area contributed by atoms with Gasteiger partial charge in [0.15, 0.2) is 0 Å². The first kappa shape index (κ1) is 34.3. The van der Waals surface area contributed by atoms with Gasteiger partial charge in [0.2, 0.25) is 5.91 Å². The molecule has 3 atom stereocenters. The highest BCUT2D eigenvalue weighted by atomic mass is 32.2. The van der Waals surface area contributed by atoms with Crippen LogP contribution in [0.25, 0.3) is 0 Å². The summed E-state index contributed by atoms with van der Waals surface area (Å²) in [6, 6.07) is -1.13. The minimum absolute atomic E-state index is 0.301. The van der Waals surface area contributed by atoms with Gasteiger partial charge in [0.25, 0.3) is 10.1 Å². The molecule has 0 fully saturated rings. The highest BCUT2D eigenvalue weighted by Gasteiger charge is 2.28. The Morgan fingerprint density at radius 2 is 1.03 bits per heavy atom. The third-order valence-corrected chi connectivity index (χ3v) is 7.45. The van der Waals surface area contributed by atoms with Crippen molar-refractivity contribution in [1.29, 1.82) is 0 Å². The fraction of sp³-hybridized carbons (Fsp3) is 0.963. The van der Waals surface area contributed by atoms with Crippen molar-refractivity contribution in [2.45, 2.75) is 161 Å². The van der Waals surface area contributed by atoms with Crippen LogP contribution in [-0.4, -0.2) is 53.1 Å². The van der Waals surface area contributed by atoms with E-state index in [9.17, 15) is 28.0 Å². The van der Waals surface area contributed by atoms with Crippen LogP contribution in [0.4, 0.5) is 0 Å². The fourth-order valence-corrected chi connectivity index (χ4v) is 5.16. The third-order valence-electron chi connectivity index (χ3n) is 6.67. The molecule has 0 aliphatic carbocycles. The zero-order valence-corrected chi connectivity index (χ0v) is 23.4. The van der Waals surface area contributed by atoms with Crippen molar-refractivity contribution in [2.75, 3.05) is 5.75 Å². The maximum atomic E-state index is 12.4. The molecule has 1 amide bonds. The predicted octanol–water partition coefficient (Wildman–Crippen LogP) is 5.92. The van der Waals surface area contributed by atoms with Crippen LogP contribution in [-0.2, 0) is 14.9 Å². The van der Waals surface area contributed by atoms with E-state index in [2.05, 4.69) is 19.2 Å². The van der Waals surface area contributed by atoms with Gasteiger partial charge in [-0.1, -0.05) is 129 Å². The van der Waals surface area contributed by atoms with Gasteiger partial charge >= 0.3 is 0 Å². The number of aliphatic hydroxyl groups excluding tert-OH is 2. The molecule has 0 rings (SSSR count). The summed E-state index contributed by atoms with van der Waals surface area (Å²) in [6.45, 7) is 4.38. The number of carbonyl (C=O) groups excluding carboxylic acids is 1. The van der Waals surface area contributed by atoms with E-state index in [1.807, 2.05) is 0 Å². The first-order valence-electron chi connectivity index (χ1n) is 14.3. The number of unbranched alkanes of at least 4 members (excludes halogenated alkanes) is 16. The topological polar surface area (TPSA) is 124 Å². The summed E-state index contributed by atoms with van der Waals surface area (Å²) >= 11 is 0. The number of carbonyl (C=O) groups is 1. The highest BCUT2D eigenvalue weighted by molar-refractivity contribution is 7.85. The fourth-order valence-electron chi connectivity index (χ4n) is 4.40. The van der Waals surface area contributed by atoms with Crippen molar-refractivity contribution in [3.63, 3.8) is 0 Å². The molecule has 0 heterocycles. The number of aliphatic hydroxyl groups is 2. The Bertz CT molecular complexity index is 598. The summed E-state index contributed by atoms with van der Waals surface area (Å²) in [6.07, 6.45) is 18.7. The molecule has 0 spiro atoms. The smallest absolute Gasteiger partial charge is 0.266 e. The van der Waals surface area contributed by atoms with Crippen molar-refractivity contribution < 1.29 is 28.0 Å². The maximum absolute atomic E-state index is 12.4. The van der Waals surface area contributed by atoms with Crippen molar-refractivity contribution in [1.82, 2.24) is 5.32 Å². The molecule has 7 nitrogen and oxygen atoms in total. The lowest BCUT2D eigenvalue weighted by Gasteiger charge is -2.24. The lowest BCUT2D eigenvalue weighted by Crippen LogP contribution is -2.50. The largest absolute Gasteiger partial charge is 0.391 e. The molecule has 35 heavy (non-hydrogen) atoms. The minimum atomic E-state index is -4.38. The van der Waals surface area contributed by atoms with Crippen LogP contribution in [0.5, 0.6) is 0 Å². The summed E-state index contributed by atoms with van der Waals surface area (Å²) in [5.41, 5.74) is 0. The quantitative estimate of drug-likeness (QED) is 0.0873. The molecule has 0 radical (unpaired) electrons. The standard InChI is InChI=1S/C27H55NO6S/c1-3-5-7-9-11-12-13-14-16-18-20-22-26(30)27(31)28-24(23-35(32,33)34)25(29)21-19-17-15-10-8-6-4-2/h24-26,29-30H,3-23H2,1-2H3,(H,28,31)(H,32,33,34). The van der Waals surface area contributed by atoms with Gasteiger partial charge in [-0.3, -0.25) is 9.35 Å². The summed E-state index contributed by atoms with van der Waals surface area (Å²) in [7, 11) is -4.38. The van der Waals surface area contributed by atoms with Gasteiger partial charge in [-0.2, -0.15) is 8.42 Å². The second kappa shape index (κ2) is 22.5. The molecule has 0 aliphatic rings. The molecule has 4 N–H and O–H groups in total. The van der Waals surface area contributed by atoms with Crippen LogP contribution in [0.1, 0.15) is 142 Å². The molecule has 8 heteroatoms. The van der Waals surface area contributed by atoms with Crippen LogP contribution in [0.3, 0.4) is 0 Å². The van der Waals surface area contributed by atoms with E-state index in [-0.39, 0.29) is 0 Å². The second-order valence-electron chi connectivity index (χ2n) is 10.2. The summed E-state index contributed by atoms with van der Waals surface area (Å²) in [4.78, 5) is 12.4. The van der Waals surface area contributed by atoms with E-state index >= 15 is 0 Å². The lowest BCUT2D eigenvalue weighted by molar-refractivity contribution is -0.131. The zero-order chi connectivity index (χ0) is 26.4. The number of nitrogens with one attached hydrogen (secondary N) is 1. The molecule has 0 saturated carbocycles. The van der Waals surface area contributed by atoms with E-state index in [0.29, 0.717) is 25.7 Å². The molecule has 0 aromatic heterocycles. The van der Waals surface area contributed by atoms with Crippen molar-refractivity contribution in [3.05, 3.63) is 0 Å². The average molecular weight is 522 g/mol. The Morgan fingerprint density at radius 3 is 1.43 bits per heavy atom. The second-order valence-corrected chi connectivity index (χ2v) is 11.7. The van der Waals surface area contributed by atoms with E-state index in [4.69, 9.17) is 0 Å². The Kier molecular flexibility index (Phi) is 22.0. The zero-order valence-electron chi connectivity index (χ0n) is 22.6. The first-order valence-corrected chi connectivity index (χ1v) is 15.9. The van der Waals surface area contributed by atoms with Gasteiger partial charge in [-0.25, -0.2) is 0 Å². The van der Waals surface area contributed by atoms with Crippen LogP contribution in [0.15, 0.2) is 0 Å². The van der Waals surface area contributed by atoms with Crippen LogP contribution < -0.4 is 5.32 Å². The summed E-state index contributed by atoms with van der Waals surface area (Å²) < 4.78 is 32.0. The molecule has 0 saturated heterocycles. The molecule has 0 aromatic carbocycles. The predicted molar refractivity (Wildman–Crippen MR) is 144 cm³/mol. The Labute approximate surface area is 215 Å². The molecular formula is C27H55NO6S. The van der Waals surface area contributed by atoms with Gasteiger partial charge in [0.1, 0.15) is 6.10 Å². The number of amides is 1. The SMILES string of the molecule is CCCCCCCCCCCCCC(O)C(=O)NC(CS(=O)(=O)O)C(O)CCCCCCCCC. The van der Waals surface area contributed by atoms with Gasteiger partial charge in [0, 0.05) is 0 Å². The lowest BCUT2D eigenvalue weighted by atomic mass is 10.0. The molecule has 0 aliphatic heterocycles. The van der Waals surface area contributed by atoms with E-state index < -0.39 is 40.0 Å². The molecule has 0 aromatic rings. The maximum Gasteiger partial charge on any atom is 0.266 e. The highest BCUT2D eigenvalue weighted by Crippen LogP contribution is 2.14. The van der Waals surface area contributed by atoms with Crippen molar-refractivity contribution in [3.8, 4) is 0 Å². The van der Waals surface area contributed by atoms with Crippen molar-refractivity contribution >= 4 is 16.0 Å².